The van der Waals surface area contributed by atoms with Crippen molar-refractivity contribution in [3.8, 4) is 11.4 Å². The lowest BCUT2D eigenvalue weighted by Gasteiger charge is -2.35. The number of piperazine rings is 1. The van der Waals surface area contributed by atoms with E-state index in [2.05, 4.69) is 20.0 Å². The first kappa shape index (κ1) is 22.4. The van der Waals surface area contributed by atoms with Crippen LogP contribution in [0, 0.1) is 10.1 Å². The van der Waals surface area contributed by atoms with Gasteiger partial charge in [0.15, 0.2) is 11.5 Å². The molecule has 3 heterocycles. The number of rotatable bonds is 5. The molecule has 0 saturated carbocycles. The van der Waals surface area contributed by atoms with Crippen LogP contribution in [0.15, 0.2) is 72.8 Å². The summed E-state index contributed by atoms with van der Waals surface area (Å²) in [4.78, 5) is 20.4. The normalized spacial score (nSPS) is 14.5. The minimum absolute atomic E-state index is 0.122. The Balaban J connectivity index is 1.33. The Morgan fingerprint density at radius 2 is 1.69 bits per heavy atom. The van der Waals surface area contributed by atoms with E-state index in [0.29, 0.717) is 17.4 Å². The van der Waals surface area contributed by atoms with E-state index in [1.807, 2.05) is 59.0 Å². The van der Waals surface area contributed by atoms with Crippen molar-refractivity contribution in [2.45, 2.75) is 6.54 Å². The number of halogens is 1. The molecule has 0 bridgehead atoms. The third kappa shape index (κ3) is 4.12. The van der Waals surface area contributed by atoms with E-state index < -0.39 is 0 Å². The van der Waals surface area contributed by atoms with Gasteiger partial charge in [-0.25, -0.2) is 9.38 Å². The summed E-state index contributed by atoms with van der Waals surface area (Å²) in [6.45, 7) is 3.79. The molecule has 1 aliphatic heterocycles. The smallest absolute Gasteiger partial charge is 0.269 e. The highest BCUT2D eigenvalue weighted by molar-refractivity contribution is 6.30. The highest BCUT2D eigenvalue weighted by Gasteiger charge is 2.24. The summed E-state index contributed by atoms with van der Waals surface area (Å²) >= 11 is 6.12. The molecule has 6 rings (SSSR count). The lowest BCUT2D eigenvalue weighted by molar-refractivity contribution is -0.384. The number of benzene rings is 3. The first-order valence-electron chi connectivity index (χ1n) is 11.7. The number of nitrogens with zero attached hydrogens (tertiary/aromatic N) is 7. The average Bonchev–Trinajstić information content (AvgIpc) is 3.35. The zero-order valence-electron chi connectivity index (χ0n) is 19.3. The number of fused-ring (bicyclic) bond motifs is 3. The zero-order chi connectivity index (χ0) is 24.6. The molecule has 10 heteroatoms. The van der Waals surface area contributed by atoms with Crippen LogP contribution in [0.3, 0.4) is 0 Å². The van der Waals surface area contributed by atoms with Crippen LogP contribution in [0.5, 0.6) is 0 Å². The topological polar surface area (TPSA) is 92.7 Å². The molecule has 180 valence electrons. The predicted molar refractivity (Wildman–Crippen MR) is 139 cm³/mol. The molecule has 3 aromatic carbocycles. The van der Waals surface area contributed by atoms with Gasteiger partial charge in [0.25, 0.3) is 5.69 Å². The standard InChI is InChI=1S/C26H22ClN7O2/c27-20-10-8-19(9-11-20)24-29-30-25-22-6-1-2-7-23(22)28-26(33(24)25)32-14-12-31(13-15-32)17-18-4-3-5-21(16-18)34(35)36/h1-11,16H,12-15,17H2. The molecule has 1 fully saturated rings. The molecule has 0 amide bonds. The number of hydrogen-bond acceptors (Lipinski definition) is 7. The number of nitro groups is 1. The van der Waals surface area contributed by atoms with Crippen LogP contribution < -0.4 is 4.90 Å². The lowest BCUT2D eigenvalue weighted by Crippen LogP contribution is -2.46. The van der Waals surface area contributed by atoms with Gasteiger partial charge < -0.3 is 4.90 Å². The van der Waals surface area contributed by atoms with E-state index in [1.165, 1.54) is 6.07 Å². The molecule has 1 saturated heterocycles. The van der Waals surface area contributed by atoms with Crippen molar-refractivity contribution in [2.75, 3.05) is 31.1 Å². The number of anilines is 1. The Labute approximate surface area is 211 Å². The van der Waals surface area contributed by atoms with Crippen molar-refractivity contribution in [3.05, 3.63) is 93.5 Å². The monoisotopic (exact) mass is 499 g/mol. The van der Waals surface area contributed by atoms with Gasteiger partial charge in [-0.3, -0.25) is 15.0 Å². The van der Waals surface area contributed by atoms with E-state index in [9.17, 15) is 10.1 Å². The molecule has 9 nitrogen and oxygen atoms in total. The fraction of sp³-hybridized carbons (Fsp3) is 0.192. The third-order valence-corrected chi connectivity index (χ3v) is 6.77. The fourth-order valence-electron chi connectivity index (χ4n) is 4.70. The summed E-state index contributed by atoms with van der Waals surface area (Å²) in [5.41, 5.74) is 3.60. The fourth-order valence-corrected chi connectivity index (χ4v) is 4.82. The number of hydrogen-bond donors (Lipinski definition) is 0. The highest BCUT2D eigenvalue weighted by atomic mass is 35.5. The van der Waals surface area contributed by atoms with E-state index in [1.54, 1.807) is 12.1 Å². The van der Waals surface area contributed by atoms with E-state index in [0.717, 1.165) is 59.8 Å². The number of para-hydroxylation sites is 1. The summed E-state index contributed by atoms with van der Waals surface area (Å²) in [6, 6.07) is 22.4. The Morgan fingerprint density at radius 1 is 0.917 bits per heavy atom. The molecule has 0 radical (unpaired) electrons. The number of nitro benzene ring substituents is 1. The van der Waals surface area contributed by atoms with Crippen molar-refractivity contribution in [1.82, 2.24) is 24.5 Å². The second-order valence-electron chi connectivity index (χ2n) is 8.81. The van der Waals surface area contributed by atoms with Crippen molar-refractivity contribution < 1.29 is 4.92 Å². The van der Waals surface area contributed by atoms with Crippen LogP contribution >= 0.6 is 11.6 Å². The maximum atomic E-state index is 11.1. The first-order valence-corrected chi connectivity index (χ1v) is 12.0. The van der Waals surface area contributed by atoms with Crippen LogP contribution in [-0.4, -0.2) is 55.6 Å². The Morgan fingerprint density at radius 3 is 2.47 bits per heavy atom. The van der Waals surface area contributed by atoms with Crippen molar-refractivity contribution in [3.63, 3.8) is 0 Å². The molecular formula is C26H22ClN7O2. The Kier molecular flexibility index (Phi) is 5.71. The molecule has 0 aliphatic carbocycles. The summed E-state index contributed by atoms with van der Waals surface area (Å²) in [7, 11) is 0. The van der Waals surface area contributed by atoms with Crippen LogP contribution in [0.2, 0.25) is 5.02 Å². The van der Waals surface area contributed by atoms with Gasteiger partial charge in [0, 0.05) is 60.8 Å². The molecule has 5 aromatic rings. The largest absolute Gasteiger partial charge is 0.339 e. The third-order valence-electron chi connectivity index (χ3n) is 6.51. The molecule has 0 unspecified atom stereocenters. The summed E-state index contributed by atoms with van der Waals surface area (Å²) < 4.78 is 2.03. The Bertz CT molecular complexity index is 1580. The second kappa shape index (κ2) is 9.18. The van der Waals surface area contributed by atoms with Gasteiger partial charge in [0.1, 0.15) is 0 Å². The average molecular weight is 500 g/mol. The van der Waals surface area contributed by atoms with E-state index >= 15 is 0 Å². The minimum Gasteiger partial charge on any atom is -0.339 e. The predicted octanol–water partition coefficient (Wildman–Crippen LogP) is 4.83. The Hall–Kier alpha value is -4.08. The zero-order valence-corrected chi connectivity index (χ0v) is 20.0. The van der Waals surface area contributed by atoms with Gasteiger partial charge in [-0.15, -0.1) is 10.2 Å². The van der Waals surface area contributed by atoms with Crippen LogP contribution in [0.1, 0.15) is 5.56 Å². The molecular weight excluding hydrogens is 478 g/mol. The molecule has 0 N–H and O–H groups in total. The molecule has 0 atom stereocenters. The molecule has 2 aromatic heterocycles. The number of non-ortho nitro benzene ring substituents is 1. The highest BCUT2D eigenvalue weighted by Crippen LogP contribution is 2.29. The van der Waals surface area contributed by atoms with E-state index in [4.69, 9.17) is 16.6 Å². The molecule has 1 aliphatic rings. The van der Waals surface area contributed by atoms with Gasteiger partial charge in [0.05, 0.1) is 10.4 Å². The van der Waals surface area contributed by atoms with Crippen molar-refractivity contribution >= 4 is 39.8 Å². The maximum Gasteiger partial charge on any atom is 0.269 e. The second-order valence-corrected chi connectivity index (χ2v) is 9.25. The van der Waals surface area contributed by atoms with Gasteiger partial charge in [-0.2, -0.15) is 0 Å². The van der Waals surface area contributed by atoms with Gasteiger partial charge in [0.2, 0.25) is 5.95 Å². The number of aromatic nitrogens is 4. The molecule has 0 spiro atoms. The summed E-state index contributed by atoms with van der Waals surface area (Å²) in [5.74, 6) is 1.52. The van der Waals surface area contributed by atoms with Crippen LogP contribution in [-0.2, 0) is 6.54 Å². The van der Waals surface area contributed by atoms with Crippen molar-refractivity contribution in [1.29, 1.82) is 0 Å². The van der Waals surface area contributed by atoms with Gasteiger partial charge >= 0.3 is 0 Å². The van der Waals surface area contributed by atoms with Gasteiger partial charge in [-0.1, -0.05) is 35.9 Å². The lowest BCUT2D eigenvalue weighted by atomic mass is 10.1. The minimum atomic E-state index is -0.352. The SMILES string of the molecule is O=[N+]([O-])c1cccc(CN2CCN(c3nc4ccccc4c4nnc(-c5ccc(Cl)cc5)n34)CC2)c1. The first-order chi connectivity index (χ1) is 17.6. The van der Waals surface area contributed by atoms with Gasteiger partial charge in [-0.05, 0) is 42.0 Å². The van der Waals surface area contributed by atoms with Crippen molar-refractivity contribution in [2.24, 2.45) is 0 Å². The van der Waals surface area contributed by atoms with Crippen LogP contribution in [0.25, 0.3) is 27.9 Å². The molecule has 36 heavy (non-hydrogen) atoms. The quantitative estimate of drug-likeness (QED) is 0.252. The summed E-state index contributed by atoms with van der Waals surface area (Å²) in [5, 5.41) is 21.8. The maximum absolute atomic E-state index is 11.1. The van der Waals surface area contributed by atoms with Crippen LogP contribution in [0.4, 0.5) is 11.6 Å². The van der Waals surface area contributed by atoms with E-state index in [-0.39, 0.29) is 10.6 Å². The summed E-state index contributed by atoms with van der Waals surface area (Å²) in [6.07, 6.45) is 0.